The van der Waals surface area contributed by atoms with Crippen LogP contribution in [0.3, 0.4) is 0 Å². The highest BCUT2D eigenvalue weighted by atomic mass is 16.5. The normalized spacial score (nSPS) is 18.6. The number of nitrogens with one attached hydrogen (secondary N) is 1. The van der Waals surface area contributed by atoms with E-state index in [1.807, 2.05) is 31.2 Å². The maximum absolute atomic E-state index is 12.8. The van der Waals surface area contributed by atoms with E-state index < -0.39 is 0 Å². The summed E-state index contributed by atoms with van der Waals surface area (Å²) in [7, 11) is 0. The number of rotatable bonds is 3. The Balaban J connectivity index is 1.93. The minimum atomic E-state index is -0.250. The maximum Gasteiger partial charge on any atom is 0.254 e. The van der Waals surface area contributed by atoms with Crippen LogP contribution in [0.2, 0.25) is 0 Å². The molecule has 2 heterocycles. The van der Waals surface area contributed by atoms with E-state index in [1.54, 1.807) is 4.90 Å². The molecule has 1 aliphatic heterocycles. The maximum atomic E-state index is 12.8. The van der Waals surface area contributed by atoms with E-state index in [0.29, 0.717) is 30.8 Å². The van der Waals surface area contributed by atoms with Crippen LogP contribution >= 0.6 is 0 Å². The molecule has 1 aromatic heterocycles. The summed E-state index contributed by atoms with van der Waals surface area (Å²) in [5.74, 6) is -0.0910. The zero-order chi connectivity index (χ0) is 15.5. The third-order valence-electron chi connectivity index (χ3n) is 4.05. The van der Waals surface area contributed by atoms with Gasteiger partial charge in [0.05, 0.1) is 11.7 Å². The molecule has 0 saturated carbocycles. The minimum absolute atomic E-state index is 0.0910. The molecule has 1 aliphatic rings. The highest BCUT2D eigenvalue weighted by Gasteiger charge is 2.26. The number of aromatic amines is 1. The number of carbonyl (C=O) groups excluding carboxylic acids is 1. The van der Waals surface area contributed by atoms with Crippen molar-refractivity contribution in [2.24, 2.45) is 0 Å². The van der Waals surface area contributed by atoms with Crippen LogP contribution in [0.4, 0.5) is 0 Å². The number of ether oxygens (including phenoxy) is 1. The first kappa shape index (κ1) is 14.8. The molecule has 0 aliphatic carbocycles. The summed E-state index contributed by atoms with van der Waals surface area (Å²) in [4.78, 5) is 29.2. The van der Waals surface area contributed by atoms with Gasteiger partial charge in [0.25, 0.3) is 5.91 Å². The Bertz CT molecular complexity index is 736. The monoisotopic (exact) mass is 300 g/mol. The van der Waals surface area contributed by atoms with Gasteiger partial charge in [0, 0.05) is 36.7 Å². The van der Waals surface area contributed by atoms with Gasteiger partial charge in [-0.25, -0.2) is 0 Å². The molecule has 0 bridgehead atoms. The zero-order valence-electron chi connectivity index (χ0n) is 12.7. The molecule has 1 aromatic carbocycles. The fourth-order valence-electron chi connectivity index (χ4n) is 3.05. The minimum Gasteiger partial charge on any atom is -0.377 e. The Morgan fingerprint density at radius 2 is 2.23 bits per heavy atom. The van der Waals surface area contributed by atoms with Crippen molar-refractivity contribution in [3.05, 3.63) is 46.2 Å². The molecule has 22 heavy (non-hydrogen) atoms. The van der Waals surface area contributed by atoms with Gasteiger partial charge in [0.15, 0.2) is 0 Å². The molecule has 0 unspecified atom stereocenters. The molecule has 1 amide bonds. The van der Waals surface area contributed by atoms with Crippen molar-refractivity contribution >= 4 is 16.8 Å². The van der Waals surface area contributed by atoms with Crippen LogP contribution in [0.25, 0.3) is 10.9 Å². The average molecular weight is 300 g/mol. The van der Waals surface area contributed by atoms with Gasteiger partial charge >= 0.3 is 0 Å². The number of para-hydroxylation sites is 1. The lowest BCUT2D eigenvalue weighted by Gasteiger charge is -2.32. The Kier molecular flexibility index (Phi) is 4.24. The summed E-state index contributed by atoms with van der Waals surface area (Å²) < 4.78 is 5.65. The van der Waals surface area contributed by atoms with Crippen LogP contribution in [0.1, 0.15) is 30.1 Å². The quantitative estimate of drug-likeness (QED) is 0.945. The van der Waals surface area contributed by atoms with Gasteiger partial charge in [0.2, 0.25) is 5.56 Å². The molecule has 5 heteroatoms. The van der Waals surface area contributed by atoms with Gasteiger partial charge in [-0.05, 0) is 25.8 Å². The number of piperidine rings is 1. The fraction of sp³-hybridized carbons (Fsp3) is 0.412. The average Bonchev–Trinajstić information content (AvgIpc) is 2.54. The zero-order valence-corrected chi connectivity index (χ0v) is 12.7. The molecule has 1 N–H and O–H groups in total. The van der Waals surface area contributed by atoms with Gasteiger partial charge in [-0.1, -0.05) is 18.2 Å². The summed E-state index contributed by atoms with van der Waals surface area (Å²) in [6.45, 7) is 3.92. The molecule has 3 rings (SSSR count). The van der Waals surface area contributed by atoms with Crippen molar-refractivity contribution in [2.45, 2.75) is 25.9 Å². The number of hydrogen-bond acceptors (Lipinski definition) is 3. The van der Waals surface area contributed by atoms with Crippen LogP contribution < -0.4 is 5.56 Å². The Morgan fingerprint density at radius 1 is 1.41 bits per heavy atom. The summed E-state index contributed by atoms with van der Waals surface area (Å²) in [6, 6.07) is 8.79. The number of likely N-dealkylation sites (tertiary alicyclic amines) is 1. The van der Waals surface area contributed by atoms with Crippen molar-refractivity contribution in [3.8, 4) is 0 Å². The highest BCUT2D eigenvalue weighted by Crippen LogP contribution is 2.20. The predicted molar refractivity (Wildman–Crippen MR) is 85.1 cm³/mol. The third kappa shape index (κ3) is 2.90. The van der Waals surface area contributed by atoms with Gasteiger partial charge in [-0.15, -0.1) is 0 Å². The Labute approximate surface area is 128 Å². The first-order valence-electron chi connectivity index (χ1n) is 7.72. The lowest BCUT2D eigenvalue weighted by Crippen LogP contribution is -2.43. The standard InChI is InChI=1S/C17H20N2O3/c1-2-22-12-6-5-9-19(11-12)17(21)14-10-16(20)18-15-8-4-3-7-13(14)15/h3-4,7-8,10,12H,2,5-6,9,11H2,1H3,(H,18,20)/t12-/m0/s1. The molecule has 5 nitrogen and oxygen atoms in total. The number of pyridine rings is 1. The Morgan fingerprint density at radius 3 is 3.05 bits per heavy atom. The van der Waals surface area contributed by atoms with Crippen LogP contribution in [-0.4, -0.2) is 41.6 Å². The molecule has 1 saturated heterocycles. The predicted octanol–water partition coefficient (Wildman–Crippen LogP) is 2.17. The van der Waals surface area contributed by atoms with Crippen LogP contribution in [0, 0.1) is 0 Å². The number of nitrogens with zero attached hydrogens (tertiary/aromatic N) is 1. The number of carbonyl (C=O) groups is 1. The first-order valence-corrected chi connectivity index (χ1v) is 7.72. The summed E-state index contributed by atoms with van der Waals surface area (Å²) in [5, 5.41) is 0.783. The topological polar surface area (TPSA) is 62.4 Å². The van der Waals surface area contributed by atoms with Crippen molar-refractivity contribution in [3.63, 3.8) is 0 Å². The van der Waals surface area contributed by atoms with Crippen molar-refractivity contribution in [2.75, 3.05) is 19.7 Å². The van der Waals surface area contributed by atoms with Gasteiger partial charge in [-0.3, -0.25) is 9.59 Å². The van der Waals surface area contributed by atoms with Crippen molar-refractivity contribution in [1.29, 1.82) is 0 Å². The third-order valence-corrected chi connectivity index (χ3v) is 4.05. The van der Waals surface area contributed by atoms with E-state index in [1.165, 1.54) is 6.07 Å². The molecular formula is C17H20N2O3. The molecule has 1 fully saturated rings. The van der Waals surface area contributed by atoms with Crippen LogP contribution in [-0.2, 0) is 4.74 Å². The second-order valence-electron chi connectivity index (χ2n) is 5.56. The van der Waals surface area contributed by atoms with Crippen LogP contribution in [0.15, 0.2) is 35.1 Å². The summed E-state index contributed by atoms with van der Waals surface area (Å²) in [6.07, 6.45) is 2.00. The van der Waals surface area contributed by atoms with E-state index >= 15 is 0 Å². The second-order valence-corrected chi connectivity index (χ2v) is 5.56. The molecule has 0 spiro atoms. The summed E-state index contributed by atoms with van der Waals surface area (Å²) in [5.41, 5.74) is 0.911. The molecule has 0 radical (unpaired) electrons. The van der Waals surface area contributed by atoms with Crippen LogP contribution in [0.5, 0.6) is 0 Å². The number of hydrogen-bond donors (Lipinski definition) is 1. The number of fused-ring (bicyclic) bond motifs is 1. The summed E-state index contributed by atoms with van der Waals surface area (Å²) >= 11 is 0. The molecule has 1 atom stereocenters. The van der Waals surface area contributed by atoms with E-state index in [4.69, 9.17) is 4.74 Å². The molecule has 2 aromatic rings. The van der Waals surface area contributed by atoms with Gasteiger partial charge in [-0.2, -0.15) is 0 Å². The van der Waals surface area contributed by atoms with E-state index in [9.17, 15) is 9.59 Å². The molecular weight excluding hydrogens is 280 g/mol. The SMILES string of the molecule is CCO[C@H]1CCCN(C(=O)c2cc(=O)[nH]c3ccccc23)C1. The van der Waals surface area contributed by atoms with E-state index in [0.717, 1.165) is 18.2 Å². The van der Waals surface area contributed by atoms with Gasteiger partial charge in [0.1, 0.15) is 0 Å². The first-order chi connectivity index (χ1) is 10.7. The smallest absolute Gasteiger partial charge is 0.254 e. The molecule has 116 valence electrons. The largest absolute Gasteiger partial charge is 0.377 e. The lowest BCUT2D eigenvalue weighted by molar-refractivity contribution is 0.00731. The Hall–Kier alpha value is -2.14. The fourth-order valence-corrected chi connectivity index (χ4v) is 3.05. The number of benzene rings is 1. The lowest BCUT2D eigenvalue weighted by atomic mass is 10.0. The van der Waals surface area contributed by atoms with E-state index in [2.05, 4.69) is 4.98 Å². The van der Waals surface area contributed by atoms with Crippen molar-refractivity contribution in [1.82, 2.24) is 9.88 Å². The van der Waals surface area contributed by atoms with Crippen molar-refractivity contribution < 1.29 is 9.53 Å². The second kappa shape index (κ2) is 6.32. The number of H-pyrrole nitrogens is 1. The number of aromatic nitrogens is 1. The van der Waals surface area contributed by atoms with E-state index in [-0.39, 0.29) is 17.6 Å². The number of amides is 1. The highest BCUT2D eigenvalue weighted by molar-refractivity contribution is 6.05. The van der Waals surface area contributed by atoms with Gasteiger partial charge < -0.3 is 14.6 Å².